The Bertz CT molecular complexity index is 2260. The Morgan fingerprint density at radius 2 is 1.16 bits per heavy atom. The molecule has 0 unspecified atom stereocenters. The molecular formula is C37H23NO6. The van der Waals surface area contributed by atoms with Gasteiger partial charge >= 0.3 is 5.97 Å². The molecule has 0 aliphatic carbocycles. The smallest absolute Gasteiger partial charge is 0.336 e. The molecule has 0 heterocycles. The van der Waals surface area contributed by atoms with Crippen LogP contribution in [-0.4, -0.2) is 29.2 Å². The lowest BCUT2D eigenvalue weighted by Crippen LogP contribution is -2.13. The van der Waals surface area contributed by atoms with E-state index < -0.39 is 5.97 Å². The van der Waals surface area contributed by atoms with Crippen LogP contribution in [0.1, 0.15) is 36.6 Å². The molecule has 0 atom stereocenters. The number of hydrogen-bond donors (Lipinski definition) is 2. The summed E-state index contributed by atoms with van der Waals surface area (Å²) in [4.78, 5) is 51.3. The monoisotopic (exact) mass is 577 g/mol. The summed E-state index contributed by atoms with van der Waals surface area (Å²) in [6.45, 7) is 0.324. The maximum absolute atomic E-state index is 13.7. The number of carbonyl (C=O) groups excluding carboxylic acids is 3. The van der Waals surface area contributed by atoms with E-state index in [1.807, 2.05) is 60.7 Å². The lowest BCUT2D eigenvalue weighted by Gasteiger charge is -2.20. The fourth-order valence-corrected chi connectivity index (χ4v) is 6.20. The molecule has 2 N–H and O–H groups in total. The summed E-state index contributed by atoms with van der Waals surface area (Å²) >= 11 is 0. The van der Waals surface area contributed by atoms with Gasteiger partial charge in [0.2, 0.25) is 0 Å². The van der Waals surface area contributed by atoms with Crippen LogP contribution >= 0.6 is 0 Å². The van der Waals surface area contributed by atoms with Crippen molar-refractivity contribution in [1.82, 2.24) is 0 Å². The first-order valence-corrected chi connectivity index (χ1v) is 13.9. The number of hydrogen-bond acceptors (Lipinski definition) is 5. The number of ether oxygens (including phenoxy) is 1. The Balaban J connectivity index is 1.53. The maximum atomic E-state index is 13.7. The number of Topliss-reactive ketones (excluding diaryl/α,β-unsaturated/α-hetero) is 1. The third kappa shape index (κ3) is 4.30. The summed E-state index contributed by atoms with van der Waals surface area (Å²) in [6, 6.07) is 32.0. The van der Waals surface area contributed by atoms with Gasteiger partial charge < -0.3 is 15.2 Å². The second-order valence-corrected chi connectivity index (χ2v) is 10.5. The molecular weight excluding hydrogens is 554 g/mol. The van der Waals surface area contributed by atoms with Gasteiger partial charge in [-0.1, -0.05) is 72.8 Å². The molecule has 0 aromatic heterocycles. The molecule has 0 saturated carbocycles. The van der Waals surface area contributed by atoms with Crippen LogP contribution in [0.25, 0.3) is 43.1 Å². The molecule has 0 bridgehead atoms. The maximum Gasteiger partial charge on any atom is 0.336 e. The fourth-order valence-electron chi connectivity index (χ4n) is 6.20. The van der Waals surface area contributed by atoms with Gasteiger partial charge in [0, 0.05) is 33.8 Å². The van der Waals surface area contributed by atoms with Gasteiger partial charge in [-0.2, -0.15) is 0 Å². The van der Waals surface area contributed by atoms with Crippen LogP contribution in [0.5, 0.6) is 5.75 Å². The molecule has 7 aromatic rings. The molecule has 0 saturated heterocycles. The number of carboxylic acids is 1. The number of ketones is 1. The molecule has 0 aliphatic heterocycles. The molecule has 7 heteroatoms. The van der Waals surface area contributed by atoms with Crippen LogP contribution in [-0.2, 0) is 11.2 Å². The minimum absolute atomic E-state index is 0.0291. The van der Waals surface area contributed by atoms with Crippen molar-refractivity contribution in [2.75, 3.05) is 5.32 Å². The summed E-state index contributed by atoms with van der Waals surface area (Å²) in [6.07, 6.45) is 0.122. The first-order chi connectivity index (χ1) is 21.5. The Morgan fingerprint density at radius 1 is 0.614 bits per heavy atom. The molecule has 0 aliphatic rings. The standard InChI is InChI=1S/C37H23NO6/c39-20-44-31-18-17-26-23-11-14-27(30(40)19-21-7-3-1-4-8-21)34-29(37(42)43)16-13-24(32(23)34)25-12-15-28(35(31)33(25)26)36(41)38-22-9-5-2-6-10-22/h1-18,20H,19H2,(H,38,41)(H,42,43). The lowest BCUT2D eigenvalue weighted by atomic mass is 9.84. The molecule has 0 fully saturated rings. The molecule has 1 amide bonds. The average molecular weight is 578 g/mol. The zero-order valence-corrected chi connectivity index (χ0v) is 23.2. The number of anilines is 1. The Kier molecular flexibility index (Phi) is 6.48. The van der Waals surface area contributed by atoms with E-state index in [1.54, 1.807) is 42.5 Å². The lowest BCUT2D eigenvalue weighted by molar-refractivity contribution is -0.120. The molecule has 212 valence electrons. The minimum atomic E-state index is -1.14. The number of carboxylic acid groups (broad SMARTS) is 1. The summed E-state index contributed by atoms with van der Waals surface area (Å²) < 4.78 is 5.37. The number of benzene rings is 7. The minimum Gasteiger partial charge on any atom is -0.478 e. The van der Waals surface area contributed by atoms with Crippen LogP contribution in [0.2, 0.25) is 0 Å². The first kappa shape index (κ1) is 26.8. The second-order valence-electron chi connectivity index (χ2n) is 10.5. The third-order valence-electron chi connectivity index (χ3n) is 8.05. The van der Waals surface area contributed by atoms with Crippen molar-refractivity contribution in [3.63, 3.8) is 0 Å². The molecule has 0 spiro atoms. The second kappa shape index (κ2) is 10.6. The SMILES string of the molecule is O=COc1ccc2c3ccc(C(=O)Cc4ccccc4)c4c(C(=O)O)ccc(c5ccc(C(=O)Nc6ccccc6)c1c52)c43. The van der Waals surface area contributed by atoms with E-state index in [4.69, 9.17) is 4.74 Å². The average Bonchev–Trinajstić information content (AvgIpc) is 3.04. The van der Waals surface area contributed by atoms with E-state index in [0.717, 1.165) is 16.3 Å². The van der Waals surface area contributed by atoms with Crippen molar-refractivity contribution < 1.29 is 29.0 Å². The molecule has 44 heavy (non-hydrogen) atoms. The van der Waals surface area contributed by atoms with E-state index in [1.165, 1.54) is 6.07 Å². The van der Waals surface area contributed by atoms with Gasteiger partial charge in [-0.05, 0) is 68.9 Å². The normalized spacial score (nSPS) is 11.3. The van der Waals surface area contributed by atoms with Gasteiger partial charge in [-0.3, -0.25) is 14.4 Å². The Morgan fingerprint density at radius 3 is 1.77 bits per heavy atom. The Hall–Kier alpha value is -6.08. The summed E-state index contributed by atoms with van der Waals surface area (Å²) in [5.41, 5.74) is 2.10. The predicted octanol–water partition coefficient (Wildman–Crippen LogP) is 7.65. The van der Waals surface area contributed by atoms with E-state index >= 15 is 0 Å². The number of rotatable bonds is 8. The van der Waals surface area contributed by atoms with Gasteiger partial charge in [0.25, 0.3) is 12.4 Å². The topological polar surface area (TPSA) is 110 Å². The van der Waals surface area contributed by atoms with Gasteiger partial charge in [0.1, 0.15) is 5.75 Å². The zero-order chi connectivity index (χ0) is 30.4. The van der Waals surface area contributed by atoms with E-state index in [9.17, 15) is 24.3 Å². The highest BCUT2D eigenvalue weighted by atomic mass is 16.5. The van der Waals surface area contributed by atoms with E-state index in [-0.39, 0.29) is 29.4 Å². The van der Waals surface area contributed by atoms with Crippen molar-refractivity contribution >= 4 is 72.9 Å². The zero-order valence-electron chi connectivity index (χ0n) is 23.2. The van der Waals surface area contributed by atoms with E-state index in [2.05, 4.69) is 5.32 Å². The van der Waals surface area contributed by atoms with Crippen molar-refractivity contribution in [3.05, 3.63) is 131 Å². The first-order valence-electron chi connectivity index (χ1n) is 13.9. The van der Waals surface area contributed by atoms with Crippen LogP contribution in [0.4, 0.5) is 5.69 Å². The number of carbonyl (C=O) groups is 4. The van der Waals surface area contributed by atoms with Crippen LogP contribution in [0.15, 0.2) is 109 Å². The summed E-state index contributed by atoms with van der Waals surface area (Å²) in [5, 5.41) is 18.1. The predicted molar refractivity (Wildman–Crippen MR) is 170 cm³/mol. The van der Waals surface area contributed by atoms with Crippen molar-refractivity contribution in [2.45, 2.75) is 6.42 Å². The highest BCUT2D eigenvalue weighted by molar-refractivity contribution is 6.38. The van der Waals surface area contributed by atoms with Crippen molar-refractivity contribution in [3.8, 4) is 5.75 Å². The number of para-hydroxylation sites is 1. The number of nitrogens with one attached hydrogen (secondary N) is 1. The number of amides is 1. The van der Waals surface area contributed by atoms with Crippen LogP contribution in [0.3, 0.4) is 0 Å². The van der Waals surface area contributed by atoms with Crippen LogP contribution in [0, 0.1) is 0 Å². The molecule has 7 rings (SSSR count). The van der Waals surface area contributed by atoms with Crippen molar-refractivity contribution in [1.29, 1.82) is 0 Å². The van der Waals surface area contributed by atoms with Gasteiger partial charge in [-0.25, -0.2) is 4.79 Å². The number of fused-ring (bicyclic) bond motifs is 2. The quantitative estimate of drug-likeness (QED) is 0.0831. The molecule has 7 nitrogen and oxygen atoms in total. The number of aromatic carboxylic acids is 1. The summed E-state index contributed by atoms with van der Waals surface area (Å²) in [7, 11) is 0. The van der Waals surface area contributed by atoms with Gasteiger partial charge in [-0.15, -0.1) is 0 Å². The largest absolute Gasteiger partial charge is 0.478 e. The van der Waals surface area contributed by atoms with Gasteiger partial charge in [0.15, 0.2) is 5.78 Å². The summed E-state index contributed by atoms with van der Waals surface area (Å²) in [5.74, 6) is -1.49. The van der Waals surface area contributed by atoms with Crippen LogP contribution < -0.4 is 10.1 Å². The Labute approximate surface area is 250 Å². The molecule has 7 aromatic carbocycles. The third-order valence-corrected chi connectivity index (χ3v) is 8.05. The van der Waals surface area contributed by atoms with E-state index in [0.29, 0.717) is 55.6 Å². The highest BCUT2D eigenvalue weighted by Crippen LogP contribution is 2.45. The van der Waals surface area contributed by atoms with Crippen molar-refractivity contribution in [2.24, 2.45) is 0 Å². The fraction of sp³-hybridized carbons (Fsp3) is 0.0270. The van der Waals surface area contributed by atoms with Gasteiger partial charge in [0.05, 0.1) is 11.1 Å². The highest BCUT2D eigenvalue weighted by Gasteiger charge is 2.25. The molecule has 0 radical (unpaired) electrons.